The summed E-state index contributed by atoms with van der Waals surface area (Å²) < 4.78 is 51.1. The Hall–Kier alpha value is -3.23. The van der Waals surface area contributed by atoms with Gasteiger partial charge in [0.15, 0.2) is 0 Å². The zero-order valence-electron chi connectivity index (χ0n) is 30.8. The van der Waals surface area contributed by atoms with Crippen molar-refractivity contribution in [2.45, 2.75) is 50.4 Å². The van der Waals surface area contributed by atoms with Gasteiger partial charge in [-0.25, -0.2) is 16.8 Å². The maximum atomic E-state index is 12.5. The molecular formula is C40H50N4O5S4. The molecule has 2 aromatic carbocycles. The van der Waals surface area contributed by atoms with Gasteiger partial charge in [0.2, 0.25) is 26.0 Å². The first-order chi connectivity index (χ1) is 25.1. The number of amides is 1. The number of thiophene rings is 2. The van der Waals surface area contributed by atoms with Crippen molar-refractivity contribution in [3.05, 3.63) is 104 Å². The lowest BCUT2D eigenvalue weighted by atomic mass is 9.92. The van der Waals surface area contributed by atoms with Crippen LogP contribution in [0.1, 0.15) is 47.6 Å². The van der Waals surface area contributed by atoms with E-state index in [9.17, 15) is 21.6 Å². The molecule has 13 heteroatoms. The molecule has 2 saturated heterocycles. The van der Waals surface area contributed by atoms with Crippen LogP contribution in [0, 0.1) is 23.7 Å². The third-order valence-corrected chi connectivity index (χ3v) is 15.2. The Kier molecular flexibility index (Phi) is 10.6. The first kappa shape index (κ1) is 38.1. The summed E-state index contributed by atoms with van der Waals surface area (Å²) in [6, 6.07) is 24.1. The second kappa shape index (κ2) is 14.8. The van der Waals surface area contributed by atoms with Crippen LogP contribution in [-0.2, 0) is 48.5 Å². The summed E-state index contributed by atoms with van der Waals surface area (Å²) >= 11 is 3.55. The van der Waals surface area contributed by atoms with E-state index in [0.717, 1.165) is 44.4 Å². The summed E-state index contributed by atoms with van der Waals surface area (Å²) in [5.41, 5.74) is 3.91. The number of hydrogen-bond acceptors (Lipinski definition) is 8. The summed E-state index contributed by atoms with van der Waals surface area (Å²) in [5.74, 6) is 2.54. The van der Waals surface area contributed by atoms with Gasteiger partial charge in [0.05, 0.1) is 12.5 Å². The Morgan fingerprint density at radius 2 is 1.17 bits per heavy atom. The van der Waals surface area contributed by atoms with Gasteiger partial charge >= 0.3 is 0 Å². The zero-order valence-corrected chi connectivity index (χ0v) is 34.1. The topological polar surface area (TPSA) is 116 Å². The van der Waals surface area contributed by atoms with E-state index in [1.807, 2.05) is 58.0 Å². The number of benzene rings is 2. The van der Waals surface area contributed by atoms with Gasteiger partial charge in [-0.3, -0.25) is 14.2 Å². The van der Waals surface area contributed by atoms with E-state index in [4.69, 9.17) is 0 Å². The highest BCUT2D eigenvalue weighted by atomic mass is 32.2. The molecular weight excluding hydrogens is 745 g/mol. The van der Waals surface area contributed by atoms with Crippen molar-refractivity contribution in [3.63, 3.8) is 0 Å². The quantitative estimate of drug-likeness (QED) is 0.156. The molecule has 2 N–H and O–H groups in total. The van der Waals surface area contributed by atoms with Crippen LogP contribution >= 0.6 is 22.7 Å². The molecule has 9 nitrogen and oxygen atoms in total. The minimum Gasteiger partial charge on any atom is -0.342 e. The van der Waals surface area contributed by atoms with Gasteiger partial charge in [0, 0.05) is 64.6 Å². The number of aryl methyl sites for hydroxylation is 2. The van der Waals surface area contributed by atoms with E-state index in [1.165, 1.54) is 41.0 Å². The summed E-state index contributed by atoms with van der Waals surface area (Å²) in [5, 5.41) is 4.20. The highest BCUT2D eigenvalue weighted by Crippen LogP contribution is 2.64. The van der Waals surface area contributed by atoms with E-state index >= 15 is 0 Å². The van der Waals surface area contributed by atoms with Gasteiger partial charge in [0.1, 0.15) is 0 Å². The SMILES string of the molecule is CC1(c2cccc(NS(C)(=O)=O)c2)C2CN(C(=O)CCc3cccs3)CC21.CC1(c2cccc(NS(C)(=O)=O)c2)C2CN(CCCc3cccs3)CC21. The molecule has 2 aromatic heterocycles. The van der Waals surface area contributed by atoms with Crippen molar-refractivity contribution in [2.24, 2.45) is 23.7 Å². The summed E-state index contributed by atoms with van der Waals surface area (Å²) in [6.07, 6.45) is 6.15. The molecule has 8 rings (SSSR count). The Morgan fingerprint density at radius 1 is 0.698 bits per heavy atom. The van der Waals surface area contributed by atoms with Gasteiger partial charge in [-0.05, 0) is 108 Å². The normalized spacial score (nSPS) is 27.4. The molecule has 53 heavy (non-hydrogen) atoms. The van der Waals surface area contributed by atoms with Crippen molar-refractivity contribution >= 4 is 60.0 Å². The average Bonchev–Trinajstić information content (AvgIpc) is 3.68. The molecule has 2 saturated carbocycles. The van der Waals surface area contributed by atoms with Crippen LogP contribution in [0.5, 0.6) is 0 Å². The second-order valence-electron chi connectivity index (χ2n) is 15.7. The minimum absolute atomic E-state index is 0.0275. The number of fused-ring (bicyclic) bond motifs is 2. The molecule has 4 heterocycles. The van der Waals surface area contributed by atoms with Crippen LogP contribution in [0.3, 0.4) is 0 Å². The molecule has 0 radical (unpaired) electrons. The Bertz CT molecular complexity index is 2110. The highest BCUT2D eigenvalue weighted by Gasteiger charge is 2.66. The van der Waals surface area contributed by atoms with Gasteiger partial charge in [-0.15, -0.1) is 22.7 Å². The number of carbonyl (C=O) groups is 1. The number of rotatable bonds is 13. The van der Waals surface area contributed by atoms with Crippen molar-refractivity contribution < 1.29 is 21.6 Å². The van der Waals surface area contributed by atoms with Gasteiger partial charge in [0.25, 0.3) is 0 Å². The van der Waals surface area contributed by atoms with Crippen molar-refractivity contribution in [3.8, 4) is 0 Å². The maximum Gasteiger partial charge on any atom is 0.229 e. The largest absolute Gasteiger partial charge is 0.342 e. The molecule has 2 aliphatic heterocycles. The average molecular weight is 795 g/mol. The number of carbonyl (C=O) groups excluding carboxylic acids is 1. The fourth-order valence-corrected chi connectivity index (χ4v) is 11.7. The van der Waals surface area contributed by atoms with Crippen molar-refractivity contribution in [2.75, 3.05) is 54.7 Å². The van der Waals surface area contributed by atoms with Gasteiger partial charge < -0.3 is 9.80 Å². The van der Waals surface area contributed by atoms with E-state index < -0.39 is 20.0 Å². The molecule has 4 fully saturated rings. The highest BCUT2D eigenvalue weighted by molar-refractivity contribution is 7.92. The number of anilines is 2. The zero-order chi connectivity index (χ0) is 37.6. The Labute approximate surface area is 322 Å². The molecule has 4 aliphatic rings. The molecule has 4 atom stereocenters. The van der Waals surface area contributed by atoms with E-state index in [1.54, 1.807) is 17.4 Å². The summed E-state index contributed by atoms with van der Waals surface area (Å²) in [7, 11) is -6.52. The maximum absolute atomic E-state index is 12.5. The van der Waals surface area contributed by atoms with Crippen LogP contribution in [-0.4, -0.2) is 77.8 Å². The van der Waals surface area contributed by atoms with Crippen molar-refractivity contribution in [1.29, 1.82) is 0 Å². The van der Waals surface area contributed by atoms with Crippen LogP contribution in [0.2, 0.25) is 0 Å². The van der Waals surface area contributed by atoms with Crippen LogP contribution in [0.15, 0.2) is 83.6 Å². The lowest BCUT2D eigenvalue weighted by Gasteiger charge is -2.25. The van der Waals surface area contributed by atoms with Gasteiger partial charge in [-0.1, -0.05) is 50.2 Å². The molecule has 4 aromatic rings. The predicted octanol–water partition coefficient (Wildman–Crippen LogP) is 6.67. The number of piperidine rings is 2. The second-order valence-corrected chi connectivity index (χ2v) is 21.3. The van der Waals surface area contributed by atoms with Gasteiger partial charge in [-0.2, -0.15) is 0 Å². The van der Waals surface area contributed by atoms with E-state index in [0.29, 0.717) is 41.5 Å². The third-order valence-electron chi connectivity index (χ3n) is 12.1. The minimum atomic E-state index is -3.28. The van der Waals surface area contributed by atoms with Crippen LogP contribution in [0.25, 0.3) is 0 Å². The Balaban J connectivity index is 0.000000164. The summed E-state index contributed by atoms with van der Waals surface area (Å²) in [6.45, 7) is 9.67. The third kappa shape index (κ3) is 8.54. The summed E-state index contributed by atoms with van der Waals surface area (Å²) in [4.78, 5) is 19.9. The molecule has 284 valence electrons. The molecule has 4 unspecified atom stereocenters. The number of sulfonamides is 2. The lowest BCUT2D eigenvalue weighted by Crippen LogP contribution is -2.34. The number of likely N-dealkylation sites (tertiary alicyclic amines) is 2. The van der Waals surface area contributed by atoms with Crippen molar-refractivity contribution in [1.82, 2.24) is 9.80 Å². The first-order valence-electron chi connectivity index (χ1n) is 18.3. The molecule has 2 aliphatic carbocycles. The van der Waals surface area contributed by atoms with E-state index in [2.05, 4.69) is 63.9 Å². The van der Waals surface area contributed by atoms with Crippen LogP contribution in [0.4, 0.5) is 11.4 Å². The fourth-order valence-electron chi connectivity index (χ4n) is 9.12. The first-order valence-corrected chi connectivity index (χ1v) is 23.9. The molecule has 0 spiro atoms. The van der Waals surface area contributed by atoms with Crippen LogP contribution < -0.4 is 9.44 Å². The lowest BCUT2D eigenvalue weighted by molar-refractivity contribution is -0.130. The standard InChI is InChI=1S/C20H24N2O3S2.C20H26N2O2S2/c1-20(14-5-3-6-15(11-14)21-27(2,24)25)17-12-22(13-18(17)20)19(23)9-8-16-7-4-10-26-16;1-20(15-6-3-7-16(12-15)21-26(2,23)24)18-13-22(14-19(18)20)10-4-8-17-9-5-11-25-17/h3-7,10-11,17-18,21H,8-9,12-13H2,1-2H3;3,5-7,9,11-12,18-19,21H,4,8,10,13-14H2,1-2H3. The fraction of sp³-hybridized carbons (Fsp3) is 0.475. The monoisotopic (exact) mass is 794 g/mol. The van der Waals surface area contributed by atoms with E-state index in [-0.39, 0.29) is 16.7 Å². The molecule has 1 amide bonds. The number of hydrogen-bond donors (Lipinski definition) is 2. The Morgan fingerprint density at radius 3 is 1.62 bits per heavy atom. The predicted molar refractivity (Wildman–Crippen MR) is 217 cm³/mol. The number of nitrogens with one attached hydrogen (secondary N) is 2. The smallest absolute Gasteiger partial charge is 0.229 e. The molecule has 0 bridgehead atoms. The number of nitrogens with zero attached hydrogens (tertiary/aromatic N) is 2.